The van der Waals surface area contributed by atoms with Gasteiger partial charge >= 0.3 is 5.69 Å². The van der Waals surface area contributed by atoms with Crippen molar-refractivity contribution in [3.8, 4) is 0 Å². The summed E-state index contributed by atoms with van der Waals surface area (Å²) in [6.45, 7) is 0. The van der Waals surface area contributed by atoms with Gasteiger partial charge in [0.1, 0.15) is 6.10 Å². The summed E-state index contributed by atoms with van der Waals surface area (Å²) >= 11 is 5.45. The molecule has 0 fully saturated rings. The number of H-pyrrole nitrogens is 2. The summed E-state index contributed by atoms with van der Waals surface area (Å²) in [5, 5.41) is 19.1. The Morgan fingerprint density at radius 3 is 2.62 bits per heavy atom. The van der Waals surface area contributed by atoms with E-state index >= 15 is 0 Å². The number of aliphatic hydroxyl groups is 2. The van der Waals surface area contributed by atoms with E-state index in [1.165, 1.54) is 0 Å². The van der Waals surface area contributed by atoms with Crippen LogP contribution in [0.25, 0.3) is 11.0 Å². The maximum Gasteiger partial charge on any atom is 0.323 e. The van der Waals surface area contributed by atoms with Crippen LogP contribution in [0.1, 0.15) is 11.7 Å². The normalized spacial score (nSPS) is 15.2. The van der Waals surface area contributed by atoms with E-state index < -0.39 is 12.2 Å². The zero-order valence-electron chi connectivity index (χ0n) is 8.27. The number of hydrogen-bond donors (Lipinski definition) is 4. The highest BCUT2D eigenvalue weighted by molar-refractivity contribution is 6.18. The van der Waals surface area contributed by atoms with Gasteiger partial charge in [-0.05, 0) is 17.7 Å². The second-order valence-corrected chi connectivity index (χ2v) is 3.86. The molecular weight excluding hydrogens is 232 g/mol. The summed E-state index contributed by atoms with van der Waals surface area (Å²) in [6.07, 6.45) is -2.08. The van der Waals surface area contributed by atoms with Crippen molar-refractivity contribution in [2.45, 2.75) is 12.2 Å². The third-order valence-corrected chi connectivity index (χ3v) is 2.72. The highest BCUT2D eigenvalue weighted by Crippen LogP contribution is 2.20. The van der Waals surface area contributed by atoms with Crippen molar-refractivity contribution in [1.82, 2.24) is 9.97 Å². The highest BCUT2D eigenvalue weighted by Gasteiger charge is 2.17. The van der Waals surface area contributed by atoms with Gasteiger partial charge in [0.25, 0.3) is 0 Å². The molecule has 2 aromatic rings. The molecule has 86 valence electrons. The van der Waals surface area contributed by atoms with Gasteiger partial charge in [0.2, 0.25) is 0 Å². The van der Waals surface area contributed by atoms with Crippen LogP contribution in [-0.2, 0) is 0 Å². The van der Waals surface area contributed by atoms with Crippen LogP contribution in [0.5, 0.6) is 0 Å². The van der Waals surface area contributed by atoms with Crippen molar-refractivity contribution in [2.75, 3.05) is 5.88 Å². The van der Waals surface area contributed by atoms with Gasteiger partial charge in [-0.1, -0.05) is 6.07 Å². The average molecular weight is 243 g/mol. The Labute approximate surface area is 95.7 Å². The standard InChI is InChI=1S/C10H11ClN2O3/c11-4-8(14)9(15)5-1-2-6-7(3-5)13-10(16)12-6/h1-3,8-9,14-15H,4H2,(H2,12,13,16). The summed E-state index contributed by atoms with van der Waals surface area (Å²) in [4.78, 5) is 16.2. The lowest BCUT2D eigenvalue weighted by Crippen LogP contribution is -2.19. The molecule has 2 unspecified atom stereocenters. The lowest BCUT2D eigenvalue weighted by Gasteiger charge is -2.15. The Morgan fingerprint density at radius 1 is 1.25 bits per heavy atom. The van der Waals surface area contributed by atoms with Gasteiger partial charge in [-0.2, -0.15) is 0 Å². The van der Waals surface area contributed by atoms with Gasteiger partial charge in [0.05, 0.1) is 23.0 Å². The molecule has 0 aliphatic heterocycles. The number of aromatic amines is 2. The number of benzene rings is 1. The van der Waals surface area contributed by atoms with Crippen LogP contribution in [-0.4, -0.2) is 32.2 Å². The third-order valence-electron chi connectivity index (χ3n) is 2.40. The molecule has 4 N–H and O–H groups in total. The Bertz CT molecular complexity index is 548. The molecule has 0 saturated carbocycles. The van der Waals surface area contributed by atoms with Crippen LogP contribution in [0.2, 0.25) is 0 Å². The first-order chi connectivity index (χ1) is 7.61. The fourth-order valence-electron chi connectivity index (χ4n) is 1.54. The van der Waals surface area contributed by atoms with E-state index in [0.29, 0.717) is 16.6 Å². The Hall–Kier alpha value is -1.30. The number of imidazole rings is 1. The van der Waals surface area contributed by atoms with Crippen LogP contribution >= 0.6 is 11.6 Å². The zero-order valence-corrected chi connectivity index (χ0v) is 9.03. The van der Waals surface area contributed by atoms with Crippen molar-refractivity contribution in [2.24, 2.45) is 0 Å². The van der Waals surface area contributed by atoms with E-state index in [2.05, 4.69) is 9.97 Å². The average Bonchev–Trinajstić information content (AvgIpc) is 2.65. The minimum absolute atomic E-state index is 0.0527. The highest BCUT2D eigenvalue weighted by atomic mass is 35.5. The molecule has 0 radical (unpaired) electrons. The van der Waals surface area contributed by atoms with Gasteiger partial charge in [0, 0.05) is 0 Å². The van der Waals surface area contributed by atoms with Crippen molar-refractivity contribution >= 4 is 22.6 Å². The number of fused-ring (bicyclic) bond motifs is 1. The zero-order chi connectivity index (χ0) is 11.7. The van der Waals surface area contributed by atoms with Crippen LogP contribution in [0.15, 0.2) is 23.0 Å². The fraction of sp³-hybridized carbons (Fsp3) is 0.300. The lowest BCUT2D eigenvalue weighted by molar-refractivity contribution is 0.0328. The molecule has 0 aliphatic rings. The molecule has 0 aliphatic carbocycles. The smallest absolute Gasteiger partial charge is 0.323 e. The van der Waals surface area contributed by atoms with Gasteiger partial charge in [-0.15, -0.1) is 11.6 Å². The van der Waals surface area contributed by atoms with E-state index in [0.717, 1.165) is 0 Å². The Morgan fingerprint density at radius 2 is 1.94 bits per heavy atom. The van der Waals surface area contributed by atoms with E-state index in [1.807, 2.05) is 0 Å². The molecule has 16 heavy (non-hydrogen) atoms. The molecule has 1 aromatic carbocycles. The summed E-state index contributed by atoms with van der Waals surface area (Å²) in [6, 6.07) is 4.90. The first kappa shape index (κ1) is 11.2. The van der Waals surface area contributed by atoms with Crippen LogP contribution in [0.4, 0.5) is 0 Å². The predicted octanol–water partition coefficient (Wildman–Crippen LogP) is 0.489. The van der Waals surface area contributed by atoms with Crippen LogP contribution in [0.3, 0.4) is 0 Å². The number of alkyl halides is 1. The summed E-state index contributed by atoms with van der Waals surface area (Å²) < 4.78 is 0. The van der Waals surface area contributed by atoms with Gasteiger partial charge < -0.3 is 20.2 Å². The first-order valence-electron chi connectivity index (χ1n) is 4.76. The summed E-state index contributed by atoms with van der Waals surface area (Å²) in [5.74, 6) is -0.0527. The minimum atomic E-state index is -1.06. The Kier molecular flexibility index (Phi) is 3.00. The number of nitrogens with one attached hydrogen (secondary N) is 2. The monoisotopic (exact) mass is 242 g/mol. The molecule has 1 heterocycles. The number of hydrogen-bond acceptors (Lipinski definition) is 3. The van der Waals surface area contributed by atoms with E-state index in [1.54, 1.807) is 18.2 Å². The molecule has 1 aromatic heterocycles. The minimum Gasteiger partial charge on any atom is -0.389 e. The van der Waals surface area contributed by atoms with E-state index in [-0.39, 0.29) is 11.6 Å². The third kappa shape index (κ3) is 1.97. The maximum atomic E-state index is 11.0. The number of halogens is 1. The lowest BCUT2D eigenvalue weighted by atomic mass is 10.0. The summed E-state index contributed by atoms with van der Waals surface area (Å²) in [5.41, 5.74) is 1.44. The number of aromatic nitrogens is 2. The van der Waals surface area contributed by atoms with Crippen molar-refractivity contribution < 1.29 is 10.2 Å². The predicted molar refractivity (Wildman–Crippen MR) is 60.6 cm³/mol. The molecule has 0 amide bonds. The number of rotatable bonds is 3. The second kappa shape index (κ2) is 4.29. The Balaban J connectivity index is 2.42. The van der Waals surface area contributed by atoms with Crippen LogP contribution < -0.4 is 5.69 Å². The molecular formula is C10H11ClN2O3. The molecule has 0 spiro atoms. The van der Waals surface area contributed by atoms with Gasteiger partial charge in [0.15, 0.2) is 0 Å². The van der Waals surface area contributed by atoms with Gasteiger partial charge in [-0.25, -0.2) is 4.79 Å². The van der Waals surface area contributed by atoms with E-state index in [9.17, 15) is 15.0 Å². The SMILES string of the molecule is O=c1[nH]c2ccc(C(O)C(O)CCl)cc2[nH]1. The quantitative estimate of drug-likeness (QED) is 0.591. The molecule has 0 bridgehead atoms. The maximum absolute atomic E-state index is 11.0. The fourth-order valence-corrected chi connectivity index (χ4v) is 1.71. The van der Waals surface area contributed by atoms with Gasteiger partial charge in [-0.3, -0.25) is 0 Å². The molecule has 6 heteroatoms. The largest absolute Gasteiger partial charge is 0.389 e. The molecule has 5 nitrogen and oxygen atoms in total. The van der Waals surface area contributed by atoms with Crippen molar-refractivity contribution in [3.05, 3.63) is 34.2 Å². The topological polar surface area (TPSA) is 89.1 Å². The molecule has 0 saturated heterocycles. The second-order valence-electron chi connectivity index (χ2n) is 3.55. The summed E-state index contributed by atoms with van der Waals surface area (Å²) in [7, 11) is 0. The number of aliphatic hydroxyl groups excluding tert-OH is 2. The molecule has 2 rings (SSSR count). The van der Waals surface area contributed by atoms with E-state index in [4.69, 9.17) is 11.6 Å². The van der Waals surface area contributed by atoms with Crippen molar-refractivity contribution in [1.29, 1.82) is 0 Å². The molecule has 2 atom stereocenters. The van der Waals surface area contributed by atoms with Crippen molar-refractivity contribution in [3.63, 3.8) is 0 Å². The van der Waals surface area contributed by atoms with Crippen LogP contribution in [0, 0.1) is 0 Å². The first-order valence-corrected chi connectivity index (χ1v) is 5.29.